The molecule has 1 N–H and O–H groups in total. The largest absolute Gasteiger partial charge is 0.401 e. The zero-order valence-corrected chi connectivity index (χ0v) is 10.6. The minimum Gasteiger partial charge on any atom is -0.340 e. The van der Waals surface area contributed by atoms with Gasteiger partial charge in [0, 0.05) is 32.6 Å². The summed E-state index contributed by atoms with van der Waals surface area (Å²) in [6.45, 7) is 1.30. The monoisotopic (exact) mass is 267 g/mol. The van der Waals surface area contributed by atoms with Crippen LogP contribution >= 0.6 is 0 Å². The molecule has 0 radical (unpaired) electrons. The lowest BCUT2D eigenvalue weighted by Gasteiger charge is -2.35. The molecule has 0 spiro atoms. The molecule has 0 atom stereocenters. The van der Waals surface area contributed by atoms with Gasteiger partial charge in [-0.05, 0) is 20.0 Å². The zero-order chi connectivity index (χ0) is 13.6. The molecule has 106 valence electrons. The van der Waals surface area contributed by atoms with Gasteiger partial charge in [-0.15, -0.1) is 0 Å². The van der Waals surface area contributed by atoms with E-state index in [0.717, 1.165) is 13.0 Å². The van der Waals surface area contributed by atoms with Crippen molar-refractivity contribution in [2.75, 3.05) is 46.3 Å². The van der Waals surface area contributed by atoms with Crippen molar-refractivity contribution in [2.24, 2.45) is 0 Å². The van der Waals surface area contributed by atoms with Crippen molar-refractivity contribution in [2.45, 2.75) is 19.0 Å². The molecule has 0 unspecified atom stereocenters. The Hall–Kier alpha value is -0.820. The van der Waals surface area contributed by atoms with E-state index in [2.05, 4.69) is 5.32 Å². The summed E-state index contributed by atoms with van der Waals surface area (Å²) < 4.78 is 36.5. The molecule has 0 saturated carbocycles. The molecule has 0 aromatic carbocycles. The predicted molar refractivity (Wildman–Crippen MR) is 62.2 cm³/mol. The number of nitrogens with zero attached hydrogens (tertiary/aromatic N) is 2. The smallest absolute Gasteiger partial charge is 0.340 e. The third-order valence-electron chi connectivity index (χ3n) is 2.95. The Balaban J connectivity index is 2.24. The third-order valence-corrected chi connectivity index (χ3v) is 2.95. The van der Waals surface area contributed by atoms with Crippen molar-refractivity contribution in [1.82, 2.24) is 15.1 Å². The summed E-state index contributed by atoms with van der Waals surface area (Å²) in [5, 5.41) is 2.95. The summed E-state index contributed by atoms with van der Waals surface area (Å²) in [4.78, 5) is 14.7. The van der Waals surface area contributed by atoms with Gasteiger partial charge >= 0.3 is 6.18 Å². The van der Waals surface area contributed by atoms with Gasteiger partial charge in [0.1, 0.15) is 0 Å². The maximum atomic E-state index is 12.2. The first-order chi connectivity index (χ1) is 8.42. The van der Waals surface area contributed by atoms with E-state index in [1.807, 2.05) is 7.05 Å². The summed E-state index contributed by atoms with van der Waals surface area (Å²) >= 11 is 0. The van der Waals surface area contributed by atoms with Crippen LogP contribution in [0.25, 0.3) is 0 Å². The topological polar surface area (TPSA) is 35.6 Å². The summed E-state index contributed by atoms with van der Waals surface area (Å²) in [5.74, 6) is 0.0388. The van der Waals surface area contributed by atoms with Crippen LogP contribution in [0.2, 0.25) is 0 Å². The van der Waals surface area contributed by atoms with E-state index >= 15 is 0 Å². The summed E-state index contributed by atoms with van der Waals surface area (Å²) in [6, 6.07) is 0. The minimum atomic E-state index is -4.15. The molecule has 1 amide bonds. The lowest BCUT2D eigenvalue weighted by atomic mass is 10.2. The summed E-state index contributed by atoms with van der Waals surface area (Å²) in [7, 11) is 1.82. The molecule has 1 fully saturated rings. The van der Waals surface area contributed by atoms with E-state index in [1.165, 1.54) is 4.90 Å². The average molecular weight is 267 g/mol. The Morgan fingerprint density at radius 3 is 2.33 bits per heavy atom. The summed E-state index contributed by atoms with van der Waals surface area (Å²) in [5.41, 5.74) is 0. The lowest BCUT2D eigenvalue weighted by Crippen LogP contribution is -2.50. The molecule has 0 bridgehead atoms. The molecule has 0 aromatic heterocycles. The number of carbonyl (C=O) groups is 1. The molecular weight excluding hydrogens is 247 g/mol. The second-order valence-electron chi connectivity index (χ2n) is 4.48. The van der Waals surface area contributed by atoms with E-state index < -0.39 is 12.7 Å². The van der Waals surface area contributed by atoms with Crippen LogP contribution < -0.4 is 5.32 Å². The van der Waals surface area contributed by atoms with Gasteiger partial charge in [-0.2, -0.15) is 13.2 Å². The molecular formula is C11H20F3N3O. The normalized spacial score (nSPS) is 18.1. The molecule has 1 heterocycles. The number of piperazine rings is 1. The van der Waals surface area contributed by atoms with Crippen LogP contribution in [0.5, 0.6) is 0 Å². The Morgan fingerprint density at radius 1 is 1.22 bits per heavy atom. The van der Waals surface area contributed by atoms with E-state index in [0.29, 0.717) is 32.6 Å². The average Bonchev–Trinajstić information content (AvgIpc) is 2.28. The number of amides is 1. The Morgan fingerprint density at radius 2 is 1.83 bits per heavy atom. The molecule has 1 aliphatic heterocycles. The molecule has 7 heteroatoms. The highest BCUT2D eigenvalue weighted by Gasteiger charge is 2.32. The molecule has 1 aliphatic rings. The maximum Gasteiger partial charge on any atom is 0.401 e. The highest BCUT2D eigenvalue weighted by molar-refractivity contribution is 5.76. The van der Waals surface area contributed by atoms with Gasteiger partial charge in [0.15, 0.2) is 0 Å². The fourth-order valence-electron chi connectivity index (χ4n) is 1.98. The number of halogens is 3. The maximum absolute atomic E-state index is 12.2. The van der Waals surface area contributed by atoms with Gasteiger partial charge in [-0.3, -0.25) is 9.69 Å². The Kier molecular flexibility index (Phi) is 5.87. The number of hydrogen-bond acceptors (Lipinski definition) is 3. The van der Waals surface area contributed by atoms with Crippen LogP contribution in [0.3, 0.4) is 0 Å². The highest BCUT2D eigenvalue weighted by Crippen LogP contribution is 2.17. The molecule has 0 aliphatic carbocycles. The fraction of sp³-hybridized carbons (Fsp3) is 0.909. The van der Waals surface area contributed by atoms with E-state index in [9.17, 15) is 18.0 Å². The van der Waals surface area contributed by atoms with Gasteiger partial charge < -0.3 is 10.2 Å². The van der Waals surface area contributed by atoms with Gasteiger partial charge in [0.25, 0.3) is 0 Å². The molecule has 1 rings (SSSR count). The second-order valence-corrected chi connectivity index (χ2v) is 4.48. The Labute approximate surface area is 105 Å². The van der Waals surface area contributed by atoms with Crippen molar-refractivity contribution in [3.05, 3.63) is 0 Å². The van der Waals surface area contributed by atoms with Gasteiger partial charge in [-0.25, -0.2) is 0 Å². The predicted octanol–water partition coefficient (Wildman–Crippen LogP) is 0.692. The molecule has 4 nitrogen and oxygen atoms in total. The number of alkyl halides is 3. The lowest BCUT2D eigenvalue weighted by molar-refractivity contribution is -0.151. The molecule has 0 aromatic rings. The van der Waals surface area contributed by atoms with Crippen LogP contribution in [-0.4, -0.2) is 68.2 Å². The van der Waals surface area contributed by atoms with Crippen LogP contribution in [-0.2, 0) is 4.79 Å². The molecule has 18 heavy (non-hydrogen) atoms. The quantitative estimate of drug-likeness (QED) is 0.745. The van der Waals surface area contributed by atoms with E-state index in [4.69, 9.17) is 0 Å². The number of rotatable bonds is 5. The van der Waals surface area contributed by atoms with Crippen molar-refractivity contribution in [1.29, 1.82) is 0 Å². The van der Waals surface area contributed by atoms with Crippen molar-refractivity contribution in [3.63, 3.8) is 0 Å². The highest BCUT2D eigenvalue weighted by atomic mass is 19.4. The fourth-order valence-corrected chi connectivity index (χ4v) is 1.98. The number of nitrogens with one attached hydrogen (secondary N) is 1. The number of carbonyl (C=O) groups excluding carboxylic acids is 1. The van der Waals surface area contributed by atoms with Crippen molar-refractivity contribution >= 4 is 5.91 Å². The van der Waals surface area contributed by atoms with Gasteiger partial charge in [0.2, 0.25) is 5.91 Å². The minimum absolute atomic E-state index is 0.0388. The van der Waals surface area contributed by atoms with Crippen molar-refractivity contribution in [3.8, 4) is 0 Å². The van der Waals surface area contributed by atoms with Crippen LogP contribution in [0, 0.1) is 0 Å². The SMILES string of the molecule is CNCCCC(=O)N1CCN(CC(F)(F)F)CC1. The first kappa shape index (κ1) is 15.2. The molecule has 1 saturated heterocycles. The van der Waals surface area contributed by atoms with Crippen LogP contribution in [0.4, 0.5) is 13.2 Å². The van der Waals surface area contributed by atoms with Crippen molar-refractivity contribution < 1.29 is 18.0 Å². The third kappa shape index (κ3) is 5.68. The number of hydrogen-bond donors (Lipinski definition) is 1. The standard InChI is InChI=1S/C11H20F3N3O/c1-15-4-2-3-10(18)17-7-5-16(6-8-17)9-11(12,13)14/h15H,2-9H2,1H3. The second kappa shape index (κ2) is 6.94. The first-order valence-corrected chi connectivity index (χ1v) is 6.14. The van der Waals surface area contributed by atoms with E-state index in [-0.39, 0.29) is 5.91 Å². The summed E-state index contributed by atoms with van der Waals surface area (Å²) in [6.07, 6.45) is -2.93. The van der Waals surface area contributed by atoms with Crippen LogP contribution in [0.15, 0.2) is 0 Å². The van der Waals surface area contributed by atoms with Crippen LogP contribution in [0.1, 0.15) is 12.8 Å². The van der Waals surface area contributed by atoms with Gasteiger partial charge in [-0.1, -0.05) is 0 Å². The first-order valence-electron chi connectivity index (χ1n) is 6.14. The van der Waals surface area contributed by atoms with Gasteiger partial charge in [0.05, 0.1) is 6.54 Å². The van der Waals surface area contributed by atoms with E-state index in [1.54, 1.807) is 4.90 Å². The zero-order valence-electron chi connectivity index (χ0n) is 10.6. The Bertz CT molecular complexity index is 263.